The van der Waals surface area contributed by atoms with E-state index in [4.69, 9.17) is 20.2 Å². The summed E-state index contributed by atoms with van der Waals surface area (Å²) in [5.74, 6) is 1.61. The summed E-state index contributed by atoms with van der Waals surface area (Å²) in [6.07, 6.45) is 0. The minimum absolute atomic E-state index is 0.121. The molecule has 0 aliphatic rings. The summed E-state index contributed by atoms with van der Waals surface area (Å²) in [5.41, 5.74) is 3.81. The fraction of sp³-hybridized carbons (Fsp3) is 1.00. The van der Waals surface area contributed by atoms with Gasteiger partial charge in [-0.3, -0.25) is 0 Å². The molecule has 0 aromatic rings. The van der Waals surface area contributed by atoms with Crippen LogP contribution in [0.2, 0.25) is 0 Å². The molecule has 0 saturated carbocycles. The Hall–Kier alpha value is 1.96. The van der Waals surface area contributed by atoms with Gasteiger partial charge in [0.25, 0.3) is 0 Å². The number of rotatable bonds is 6. The van der Waals surface area contributed by atoms with Crippen LogP contribution in [-0.2, 0) is 13.1 Å². The minimum atomic E-state index is -0.121. The molecular weight excluding hydrogens is 345 g/mol. The van der Waals surface area contributed by atoms with Crippen molar-refractivity contribution in [3.63, 3.8) is 0 Å². The van der Waals surface area contributed by atoms with Gasteiger partial charge in [0.2, 0.25) is 0 Å². The third-order valence-electron chi connectivity index (χ3n) is 3.37. The standard InChI is InChI=1S/C13H30P2.2ClH.Fe/c1-10(2)14(11(3)4)9-15(12(5)6)13(7)8;;;/h10-13H,9H2,1-8H3;2*1H;/q;;;+2. The first-order valence-electron chi connectivity index (χ1n) is 6.75. The van der Waals surface area contributed by atoms with Crippen LogP contribution >= 0.6 is 36.0 Å². The van der Waals surface area contributed by atoms with Gasteiger partial charge < -0.3 is 0 Å². The zero-order valence-corrected chi connectivity index (χ0v) is 17.7. The second-order valence-corrected chi connectivity index (χ2v) is 16.2. The van der Waals surface area contributed by atoms with E-state index in [1.54, 1.807) is 5.90 Å². The third-order valence-corrected chi connectivity index (χ3v) is 12.6. The summed E-state index contributed by atoms with van der Waals surface area (Å²) in [6.45, 7) is 19.5. The molecule has 0 spiro atoms. The van der Waals surface area contributed by atoms with Crippen LogP contribution < -0.4 is 0 Å². The van der Waals surface area contributed by atoms with Gasteiger partial charge in [-0.2, -0.15) is 0 Å². The van der Waals surface area contributed by atoms with Gasteiger partial charge in [-0.25, -0.2) is 0 Å². The van der Waals surface area contributed by atoms with Gasteiger partial charge in [0, 0.05) is 15.8 Å². The van der Waals surface area contributed by atoms with Crippen LogP contribution in [0, 0.1) is 0 Å². The van der Waals surface area contributed by atoms with Crippen LogP contribution in [-0.4, -0.2) is 28.5 Å². The molecule has 0 aromatic carbocycles. The summed E-state index contributed by atoms with van der Waals surface area (Å²) in [7, 11) is 9.28. The van der Waals surface area contributed by atoms with Gasteiger partial charge in [0.15, 0.2) is 5.90 Å². The van der Waals surface area contributed by atoms with Crippen LogP contribution in [0.25, 0.3) is 0 Å². The topological polar surface area (TPSA) is 0 Å². The summed E-state index contributed by atoms with van der Waals surface area (Å²) >= 11 is 0.194. The SMILES string of the molecule is CC(C)[PH+](C[PH+](C(C)C)C(C)C)C(C)C.[Cl][Fe][Cl]. The molecule has 0 atom stereocenters. The average molecular weight is 377 g/mol. The van der Waals surface area contributed by atoms with Crippen LogP contribution in [0.5, 0.6) is 0 Å². The molecule has 0 fully saturated rings. The first-order valence-corrected chi connectivity index (χ1v) is 13.5. The van der Waals surface area contributed by atoms with Gasteiger partial charge in [-0.05, 0) is 55.4 Å². The number of halogens is 2. The Bertz CT molecular complexity index is 154. The zero-order valence-electron chi connectivity index (χ0n) is 13.1. The van der Waals surface area contributed by atoms with Crippen LogP contribution in [0.15, 0.2) is 0 Å². The van der Waals surface area contributed by atoms with Gasteiger partial charge in [-0.15, -0.1) is 0 Å². The van der Waals surface area contributed by atoms with E-state index >= 15 is 0 Å². The van der Waals surface area contributed by atoms with Crippen LogP contribution in [0.4, 0.5) is 0 Å². The van der Waals surface area contributed by atoms with Crippen molar-refractivity contribution >= 4 is 36.0 Å². The molecule has 0 nitrogen and oxygen atoms in total. The van der Waals surface area contributed by atoms with Crippen molar-refractivity contribution in [1.29, 1.82) is 0 Å². The Morgan fingerprint density at radius 1 is 0.667 bits per heavy atom. The van der Waals surface area contributed by atoms with E-state index in [1.165, 1.54) is 0 Å². The second kappa shape index (κ2) is 12.7. The molecule has 0 aliphatic heterocycles. The molecule has 0 aliphatic carbocycles. The van der Waals surface area contributed by atoms with E-state index in [2.05, 4.69) is 55.4 Å². The molecule has 0 amide bonds. The Morgan fingerprint density at radius 3 is 0.944 bits per heavy atom. The van der Waals surface area contributed by atoms with Crippen molar-refractivity contribution in [3.8, 4) is 0 Å². The summed E-state index contributed by atoms with van der Waals surface area (Å²) in [4.78, 5) is 0. The van der Waals surface area contributed by atoms with Crippen molar-refractivity contribution in [2.45, 2.75) is 78.0 Å². The predicted octanol–water partition coefficient (Wildman–Crippen LogP) is 6.38. The molecule has 114 valence electrons. The third kappa shape index (κ3) is 10.7. The predicted molar refractivity (Wildman–Crippen MR) is 93.7 cm³/mol. The second-order valence-electron chi connectivity index (χ2n) is 6.00. The zero-order chi connectivity index (χ0) is 14.9. The van der Waals surface area contributed by atoms with Crippen molar-refractivity contribution in [2.24, 2.45) is 0 Å². The fourth-order valence-electron chi connectivity index (χ4n) is 2.39. The van der Waals surface area contributed by atoms with E-state index in [0.717, 1.165) is 22.6 Å². The Morgan fingerprint density at radius 2 is 0.833 bits per heavy atom. The first kappa shape index (κ1) is 22.2. The monoisotopic (exact) mass is 376 g/mol. The molecule has 18 heavy (non-hydrogen) atoms. The Balaban J connectivity index is 0. The summed E-state index contributed by atoms with van der Waals surface area (Å²) in [6, 6.07) is 0. The molecule has 5 heteroatoms. The number of hydrogen-bond acceptors (Lipinski definition) is 0. The first-order chi connectivity index (χ1) is 8.18. The van der Waals surface area contributed by atoms with E-state index in [1.807, 2.05) is 0 Å². The summed E-state index contributed by atoms with van der Waals surface area (Å²) in [5, 5.41) is 0. The summed E-state index contributed by atoms with van der Waals surface area (Å²) < 4.78 is 0. The maximum atomic E-state index is 4.76. The van der Waals surface area contributed by atoms with E-state index in [0.29, 0.717) is 0 Å². The average Bonchev–Trinajstić information content (AvgIpc) is 2.16. The maximum absolute atomic E-state index is 4.76. The van der Waals surface area contributed by atoms with Gasteiger partial charge in [-0.1, -0.05) is 0 Å². The molecule has 0 heterocycles. The van der Waals surface area contributed by atoms with E-state index in [-0.39, 0.29) is 29.0 Å². The van der Waals surface area contributed by atoms with Crippen molar-refractivity contribution in [2.75, 3.05) is 5.90 Å². The van der Waals surface area contributed by atoms with Crippen molar-refractivity contribution in [1.82, 2.24) is 0 Å². The van der Waals surface area contributed by atoms with Gasteiger partial charge in [0.05, 0.1) is 22.6 Å². The molecule has 0 bridgehead atoms. The van der Waals surface area contributed by atoms with Gasteiger partial charge in [0.1, 0.15) is 0 Å². The Kier molecular flexibility index (Phi) is 15.7. The molecule has 0 radical (unpaired) electrons. The molecule has 0 rings (SSSR count). The number of hydrogen-bond donors (Lipinski definition) is 0. The molecule has 0 N–H and O–H groups in total. The molecule has 0 unspecified atom stereocenters. The molecule has 0 aromatic heterocycles. The van der Waals surface area contributed by atoms with E-state index < -0.39 is 0 Å². The van der Waals surface area contributed by atoms with Crippen molar-refractivity contribution < 1.29 is 13.1 Å². The van der Waals surface area contributed by atoms with Crippen molar-refractivity contribution in [3.05, 3.63) is 0 Å². The quantitative estimate of drug-likeness (QED) is 0.372. The fourth-order valence-corrected chi connectivity index (χ4v) is 13.5. The normalized spacial score (nSPS) is 12.2. The molecular formula is C13H32Cl2FeP2+2. The molecule has 0 saturated heterocycles. The Labute approximate surface area is 132 Å². The van der Waals surface area contributed by atoms with E-state index in [9.17, 15) is 0 Å². The van der Waals surface area contributed by atoms with Gasteiger partial charge >= 0.3 is 33.3 Å². The van der Waals surface area contributed by atoms with Crippen LogP contribution in [0.1, 0.15) is 55.4 Å². The van der Waals surface area contributed by atoms with Crippen LogP contribution in [0.3, 0.4) is 0 Å².